The summed E-state index contributed by atoms with van der Waals surface area (Å²) in [4.78, 5) is 29.6. The fourth-order valence-electron chi connectivity index (χ4n) is 2.18. The zero-order valence-electron chi connectivity index (χ0n) is 10.3. The average Bonchev–Trinajstić information content (AvgIpc) is 2.91. The summed E-state index contributed by atoms with van der Waals surface area (Å²) < 4.78 is 4.76. The number of carbonyl (C=O) groups excluding carboxylic acids is 1. The van der Waals surface area contributed by atoms with Gasteiger partial charge in [0, 0.05) is 4.88 Å². The second kappa shape index (κ2) is 4.76. The molecule has 20 heavy (non-hydrogen) atoms. The summed E-state index contributed by atoms with van der Waals surface area (Å²) in [5.41, 5.74) is 2.27. The molecule has 0 aromatic carbocycles. The van der Waals surface area contributed by atoms with E-state index in [4.69, 9.17) is 9.84 Å². The number of β-lactam (4-membered cyclic amide) rings is 1. The van der Waals surface area contributed by atoms with Gasteiger partial charge in [-0.15, -0.1) is 11.3 Å². The third kappa shape index (κ3) is 1.81. The first-order valence-electron chi connectivity index (χ1n) is 5.70. The number of hydrogen-bond acceptors (Lipinski definition) is 7. The van der Waals surface area contributed by atoms with E-state index in [1.165, 1.54) is 28.0 Å². The van der Waals surface area contributed by atoms with Gasteiger partial charge in [-0.25, -0.2) is 9.78 Å². The molecular weight excluding hydrogens is 304 g/mol. The highest BCUT2D eigenvalue weighted by Gasteiger charge is 2.56. The van der Waals surface area contributed by atoms with Gasteiger partial charge in [0.15, 0.2) is 0 Å². The lowest BCUT2D eigenvalue weighted by atomic mass is 10.00. The van der Waals surface area contributed by atoms with Crippen LogP contribution in [0.5, 0.6) is 0 Å². The minimum atomic E-state index is -1.48. The first-order valence-corrected chi connectivity index (χ1v) is 7.46. The van der Waals surface area contributed by atoms with Crippen LogP contribution in [0.15, 0.2) is 11.4 Å². The quantitative estimate of drug-likeness (QED) is 0.640. The minimum Gasteiger partial charge on any atom is -0.449 e. The van der Waals surface area contributed by atoms with Crippen molar-refractivity contribution >= 4 is 40.1 Å². The molecule has 2 atom stereocenters. The summed E-state index contributed by atoms with van der Waals surface area (Å²) >= 11 is 2.73. The maximum absolute atomic E-state index is 11.9. The van der Waals surface area contributed by atoms with Crippen molar-refractivity contribution in [3.8, 4) is 0 Å². The highest BCUT2D eigenvalue weighted by atomic mass is 32.2. The van der Waals surface area contributed by atoms with E-state index in [1.807, 2.05) is 6.92 Å². The van der Waals surface area contributed by atoms with E-state index in [1.54, 1.807) is 5.51 Å². The van der Waals surface area contributed by atoms with E-state index < -0.39 is 12.1 Å². The first-order chi connectivity index (χ1) is 9.54. The maximum atomic E-state index is 11.9. The lowest BCUT2D eigenvalue weighted by Crippen LogP contribution is -2.58. The summed E-state index contributed by atoms with van der Waals surface area (Å²) in [5, 5.41) is 17.7. The van der Waals surface area contributed by atoms with Gasteiger partial charge in [-0.05, 0) is 6.92 Å². The van der Waals surface area contributed by atoms with Crippen LogP contribution < -0.4 is 0 Å². The molecule has 9 heteroatoms. The number of ether oxygens (including phenoxy) is 1. The Morgan fingerprint density at radius 3 is 2.90 bits per heavy atom. The Bertz CT molecular complexity index is 626. The molecule has 1 fully saturated rings. The van der Waals surface area contributed by atoms with Crippen molar-refractivity contribution in [2.75, 3.05) is 6.61 Å². The SMILES string of the molecule is Cc1scnc1C1=C(OC(=O)O)N2C(=O)[C@H](CO)[C@H]2S1. The predicted octanol–water partition coefficient (Wildman–Crippen LogP) is 1.30. The van der Waals surface area contributed by atoms with Crippen molar-refractivity contribution in [2.45, 2.75) is 12.3 Å². The Morgan fingerprint density at radius 1 is 1.60 bits per heavy atom. The summed E-state index contributed by atoms with van der Waals surface area (Å²) in [6.07, 6.45) is -1.48. The highest BCUT2D eigenvalue weighted by Crippen LogP contribution is 2.53. The standard InChI is InChI=1S/C11H10N2O5S2/c1-4-6(12-3-19-4)7-9(18-11(16)17)13-8(15)5(2-14)10(13)20-7/h3,5,10,14H,2H2,1H3,(H,16,17)/t5-,10+/m0/s1. The van der Waals surface area contributed by atoms with Gasteiger partial charge in [0.05, 0.1) is 28.6 Å². The molecule has 0 aliphatic carbocycles. The van der Waals surface area contributed by atoms with Crippen LogP contribution in [0.25, 0.3) is 4.91 Å². The number of nitrogens with zero attached hydrogens (tertiary/aromatic N) is 2. The third-order valence-corrected chi connectivity index (χ3v) is 5.29. The molecule has 0 bridgehead atoms. The second-order valence-electron chi connectivity index (χ2n) is 4.27. The fraction of sp³-hybridized carbons (Fsp3) is 0.364. The Hall–Kier alpha value is -1.58. The molecule has 1 saturated heterocycles. The molecule has 2 aliphatic heterocycles. The number of carboxylic acid groups (broad SMARTS) is 1. The number of thioether (sulfide) groups is 1. The molecule has 0 spiro atoms. The molecule has 3 rings (SSSR count). The van der Waals surface area contributed by atoms with Crippen LogP contribution in [-0.2, 0) is 9.53 Å². The molecule has 0 unspecified atom stereocenters. The summed E-state index contributed by atoms with van der Waals surface area (Å²) in [7, 11) is 0. The van der Waals surface area contributed by atoms with E-state index in [-0.39, 0.29) is 23.8 Å². The number of amides is 1. The van der Waals surface area contributed by atoms with Crippen LogP contribution in [0.1, 0.15) is 10.6 Å². The molecule has 2 aliphatic rings. The lowest BCUT2D eigenvalue weighted by Gasteiger charge is -2.40. The zero-order valence-corrected chi connectivity index (χ0v) is 11.9. The third-order valence-electron chi connectivity index (χ3n) is 3.15. The zero-order chi connectivity index (χ0) is 14.4. The van der Waals surface area contributed by atoms with E-state index in [0.717, 1.165) is 4.88 Å². The van der Waals surface area contributed by atoms with Gasteiger partial charge in [-0.1, -0.05) is 11.8 Å². The van der Waals surface area contributed by atoms with Gasteiger partial charge in [-0.2, -0.15) is 0 Å². The van der Waals surface area contributed by atoms with Crippen molar-refractivity contribution in [2.24, 2.45) is 5.92 Å². The van der Waals surface area contributed by atoms with Gasteiger partial charge in [0.25, 0.3) is 0 Å². The van der Waals surface area contributed by atoms with Crippen molar-refractivity contribution in [1.29, 1.82) is 0 Å². The minimum absolute atomic E-state index is 0.00352. The largest absolute Gasteiger partial charge is 0.512 e. The van der Waals surface area contributed by atoms with Crippen molar-refractivity contribution in [3.05, 3.63) is 22.0 Å². The second-order valence-corrected chi connectivity index (χ2v) is 6.45. The number of aliphatic hydroxyl groups excluding tert-OH is 1. The number of aryl methyl sites for hydroxylation is 1. The number of rotatable bonds is 3. The predicted molar refractivity (Wildman–Crippen MR) is 71.7 cm³/mol. The van der Waals surface area contributed by atoms with Crippen molar-refractivity contribution < 1.29 is 24.5 Å². The molecule has 1 aromatic rings. The smallest absolute Gasteiger partial charge is 0.449 e. The van der Waals surface area contributed by atoms with Gasteiger partial charge in [0.1, 0.15) is 5.37 Å². The van der Waals surface area contributed by atoms with Crippen molar-refractivity contribution in [3.63, 3.8) is 0 Å². The average molecular weight is 314 g/mol. The highest BCUT2D eigenvalue weighted by molar-refractivity contribution is 8.09. The number of aromatic nitrogens is 1. The number of hydrogen-bond donors (Lipinski definition) is 2. The number of fused-ring (bicyclic) bond motifs is 1. The van der Waals surface area contributed by atoms with E-state index in [9.17, 15) is 14.7 Å². The lowest BCUT2D eigenvalue weighted by molar-refractivity contribution is -0.151. The first kappa shape index (κ1) is 13.4. The van der Waals surface area contributed by atoms with Gasteiger partial charge >= 0.3 is 6.16 Å². The van der Waals surface area contributed by atoms with Crippen LogP contribution in [0.2, 0.25) is 0 Å². The Balaban J connectivity index is 2.02. The Kier molecular flexibility index (Phi) is 3.19. The van der Waals surface area contributed by atoms with E-state index in [2.05, 4.69) is 4.98 Å². The van der Waals surface area contributed by atoms with Crippen LogP contribution in [-0.4, -0.2) is 44.1 Å². The van der Waals surface area contributed by atoms with Crippen LogP contribution in [0.3, 0.4) is 0 Å². The molecule has 0 radical (unpaired) electrons. The van der Waals surface area contributed by atoms with Gasteiger partial charge in [-0.3, -0.25) is 9.69 Å². The normalized spacial score (nSPS) is 24.7. The summed E-state index contributed by atoms with van der Waals surface area (Å²) in [6.45, 7) is 1.59. The van der Waals surface area contributed by atoms with Crippen molar-refractivity contribution in [1.82, 2.24) is 9.88 Å². The maximum Gasteiger partial charge on any atom is 0.512 e. The van der Waals surface area contributed by atoms with E-state index in [0.29, 0.717) is 10.6 Å². The molecule has 7 nitrogen and oxygen atoms in total. The number of carbonyl (C=O) groups is 2. The van der Waals surface area contributed by atoms with Crippen LogP contribution >= 0.6 is 23.1 Å². The summed E-state index contributed by atoms with van der Waals surface area (Å²) in [6, 6.07) is 0. The molecule has 1 aromatic heterocycles. The Labute approximate surface area is 121 Å². The van der Waals surface area contributed by atoms with E-state index >= 15 is 0 Å². The van der Waals surface area contributed by atoms with Gasteiger partial charge in [0.2, 0.25) is 11.8 Å². The van der Waals surface area contributed by atoms with Crippen LogP contribution in [0, 0.1) is 12.8 Å². The number of aliphatic hydroxyl groups is 1. The van der Waals surface area contributed by atoms with Gasteiger partial charge < -0.3 is 14.9 Å². The topological polar surface area (TPSA) is 100.0 Å². The molecule has 106 valence electrons. The monoisotopic (exact) mass is 314 g/mol. The fourth-order valence-corrected chi connectivity index (χ4v) is 4.30. The van der Waals surface area contributed by atoms with Crippen LogP contribution in [0.4, 0.5) is 4.79 Å². The number of thiazole rings is 1. The Morgan fingerprint density at radius 2 is 2.35 bits per heavy atom. The summed E-state index contributed by atoms with van der Waals surface area (Å²) in [5.74, 6) is -0.857. The molecular formula is C11H10N2O5S2. The molecule has 0 saturated carbocycles. The molecule has 3 heterocycles. The molecule has 1 amide bonds. The molecule has 2 N–H and O–H groups in total.